The van der Waals surface area contributed by atoms with E-state index in [1.165, 1.54) is 7.11 Å². The molecule has 2 heterocycles. The second-order valence-corrected chi connectivity index (χ2v) is 8.50. The zero-order valence-electron chi connectivity index (χ0n) is 17.5. The molecule has 2 aliphatic heterocycles. The van der Waals surface area contributed by atoms with Gasteiger partial charge in [0.2, 0.25) is 5.91 Å². The van der Waals surface area contributed by atoms with E-state index in [-0.39, 0.29) is 36.9 Å². The average molecular weight is 415 g/mol. The summed E-state index contributed by atoms with van der Waals surface area (Å²) in [6, 6.07) is 7.46. The quantitative estimate of drug-likeness (QED) is 0.723. The summed E-state index contributed by atoms with van der Waals surface area (Å²) in [5, 5.41) is 2.93. The van der Waals surface area contributed by atoms with Crippen LogP contribution < -0.4 is 5.32 Å². The Bertz CT molecular complexity index is 812. The van der Waals surface area contributed by atoms with E-state index < -0.39 is 11.5 Å². The lowest BCUT2D eigenvalue weighted by atomic mass is 9.71. The van der Waals surface area contributed by atoms with E-state index in [0.717, 1.165) is 50.7 Å². The molecule has 1 spiro atoms. The molecule has 1 saturated heterocycles. The van der Waals surface area contributed by atoms with Gasteiger partial charge in [-0.2, -0.15) is 0 Å². The highest BCUT2D eigenvalue weighted by Gasteiger charge is 2.55. The first-order chi connectivity index (χ1) is 14.6. The number of nitrogens with zero attached hydrogens (tertiary/aromatic N) is 1. The lowest BCUT2D eigenvalue weighted by Gasteiger charge is -2.50. The van der Waals surface area contributed by atoms with Crippen molar-refractivity contribution in [3.8, 4) is 0 Å². The number of carbonyl (C=O) groups excluding carboxylic acids is 3. The minimum absolute atomic E-state index is 0.00149. The molecule has 1 aliphatic carbocycles. The maximum atomic E-state index is 13.6. The molecule has 1 aromatic rings. The van der Waals surface area contributed by atoms with Crippen molar-refractivity contribution >= 4 is 17.8 Å². The third-order valence-corrected chi connectivity index (χ3v) is 6.82. The number of nitrogens with one attached hydrogen (secondary N) is 1. The SMILES string of the molecule is COC(=O)CCNC(=O)[C@H]1c2ccccc2C(=O)N(C[C@@H]2CCCO2)C12CCCC2. The first kappa shape index (κ1) is 20.8. The monoisotopic (exact) mass is 414 g/mol. The molecule has 7 heteroatoms. The van der Waals surface area contributed by atoms with Crippen LogP contribution in [0, 0.1) is 0 Å². The van der Waals surface area contributed by atoms with Gasteiger partial charge in [-0.15, -0.1) is 0 Å². The van der Waals surface area contributed by atoms with Gasteiger partial charge < -0.3 is 19.7 Å². The third-order valence-electron chi connectivity index (χ3n) is 6.82. The number of hydrogen-bond donors (Lipinski definition) is 1. The molecule has 2 fully saturated rings. The van der Waals surface area contributed by atoms with Crippen LogP contribution in [0.25, 0.3) is 0 Å². The Morgan fingerprint density at radius 2 is 2.00 bits per heavy atom. The van der Waals surface area contributed by atoms with Crippen molar-refractivity contribution in [3.63, 3.8) is 0 Å². The summed E-state index contributed by atoms with van der Waals surface area (Å²) in [5.74, 6) is -0.933. The maximum absolute atomic E-state index is 13.6. The molecule has 4 rings (SSSR count). The predicted octanol–water partition coefficient (Wildman–Crippen LogP) is 2.40. The van der Waals surface area contributed by atoms with Crippen LogP contribution in [0.15, 0.2) is 24.3 Å². The molecule has 1 saturated carbocycles. The average Bonchev–Trinajstić information content (AvgIpc) is 3.44. The van der Waals surface area contributed by atoms with Crippen LogP contribution in [0.3, 0.4) is 0 Å². The molecule has 3 aliphatic rings. The summed E-state index contributed by atoms with van der Waals surface area (Å²) in [4.78, 5) is 40.4. The van der Waals surface area contributed by atoms with Crippen LogP contribution in [0.2, 0.25) is 0 Å². The molecule has 0 bridgehead atoms. The molecule has 0 radical (unpaired) electrons. The van der Waals surface area contributed by atoms with Crippen molar-refractivity contribution in [1.82, 2.24) is 10.2 Å². The Labute approximate surface area is 177 Å². The molecular formula is C23H30N2O5. The topological polar surface area (TPSA) is 84.9 Å². The minimum Gasteiger partial charge on any atom is -0.469 e. The molecule has 162 valence electrons. The predicted molar refractivity (Wildman–Crippen MR) is 110 cm³/mol. The van der Waals surface area contributed by atoms with Gasteiger partial charge in [0.1, 0.15) is 0 Å². The zero-order chi connectivity index (χ0) is 21.1. The smallest absolute Gasteiger partial charge is 0.307 e. The van der Waals surface area contributed by atoms with Crippen LogP contribution in [0.5, 0.6) is 0 Å². The van der Waals surface area contributed by atoms with Crippen molar-refractivity contribution < 1.29 is 23.9 Å². The van der Waals surface area contributed by atoms with E-state index in [1.807, 2.05) is 29.2 Å². The molecule has 1 aromatic carbocycles. The first-order valence-corrected chi connectivity index (χ1v) is 10.9. The molecule has 2 atom stereocenters. The van der Waals surface area contributed by atoms with E-state index in [9.17, 15) is 14.4 Å². The van der Waals surface area contributed by atoms with Crippen LogP contribution in [0.1, 0.15) is 66.8 Å². The number of benzene rings is 1. The zero-order valence-corrected chi connectivity index (χ0v) is 17.5. The van der Waals surface area contributed by atoms with Crippen molar-refractivity contribution in [2.45, 2.75) is 62.5 Å². The second-order valence-electron chi connectivity index (χ2n) is 8.50. The van der Waals surface area contributed by atoms with Gasteiger partial charge in [0.15, 0.2) is 0 Å². The summed E-state index contributed by atoms with van der Waals surface area (Å²) in [6.07, 6.45) is 5.68. The summed E-state index contributed by atoms with van der Waals surface area (Å²) < 4.78 is 10.5. The summed E-state index contributed by atoms with van der Waals surface area (Å²) in [5.41, 5.74) is 0.858. The number of carbonyl (C=O) groups is 3. The minimum atomic E-state index is -0.535. The summed E-state index contributed by atoms with van der Waals surface area (Å²) in [7, 11) is 1.34. The fourth-order valence-electron chi connectivity index (χ4n) is 5.42. The lowest BCUT2D eigenvalue weighted by Crippen LogP contribution is -2.62. The van der Waals surface area contributed by atoms with Crippen molar-refractivity contribution in [1.29, 1.82) is 0 Å². The molecule has 30 heavy (non-hydrogen) atoms. The highest BCUT2D eigenvalue weighted by atomic mass is 16.5. The number of methoxy groups -OCH3 is 1. The van der Waals surface area contributed by atoms with E-state index in [2.05, 4.69) is 10.1 Å². The number of ether oxygens (including phenoxy) is 2. The number of rotatable bonds is 6. The van der Waals surface area contributed by atoms with Gasteiger partial charge in [0, 0.05) is 25.3 Å². The fraction of sp³-hybridized carbons (Fsp3) is 0.609. The number of amides is 2. The van der Waals surface area contributed by atoms with Gasteiger partial charge in [0.05, 0.1) is 31.1 Å². The van der Waals surface area contributed by atoms with Gasteiger partial charge in [-0.3, -0.25) is 14.4 Å². The molecule has 2 amide bonds. The Morgan fingerprint density at radius 3 is 2.70 bits per heavy atom. The second kappa shape index (κ2) is 8.76. The molecule has 0 unspecified atom stereocenters. The van der Waals surface area contributed by atoms with E-state index >= 15 is 0 Å². The largest absolute Gasteiger partial charge is 0.469 e. The van der Waals surface area contributed by atoms with Gasteiger partial charge >= 0.3 is 5.97 Å². The van der Waals surface area contributed by atoms with Gasteiger partial charge in [-0.05, 0) is 37.3 Å². The number of esters is 1. The van der Waals surface area contributed by atoms with Gasteiger partial charge in [-0.1, -0.05) is 31.0 Å². The van der Waals surface area contributed by atoms with Gasteiger partial charge in [0.25, 0.3) is 5.91 Å². The van der Waals surface area contributed by atoms with E-state index in [4.69, 9.17) is 4.74 Å². The lowest BCUT2D eigenvalue weighted by molar-refractivity contribution is -0.140. The Balaban J connectivity index is 1.67. The van der Waals surface area contributed by atoms with Crippen LogP contribution in [0.4, 0.5) is 0 Å². The van der Waals surface area contributed by atoms with Crippen LogP contribution in [-0.2, 0) is 19.1 Å². The first-order valence-electron chi connectivity index (χ1n) is 10.9. The summed E-state index contributed by atoms with van der Waals surface area (Å²) >= 11 is 0. The third kappa shape index (κ3) is 3.71. The number of hydrogen-bond acceptors (Lipinski definition) is 5. The number of fused-ring (bicyclic) bond motifs is 1. The Morgan fingerprint density at radius 1 is 1.23 bits per heavy atom. The standard InChI is InChI=1S/C23H30N2O5/c1-29-19(26)10-13-24-21(27)20-17-8-2-3-9-18(17)22(28)25(15-16-7-6-14-30-16)23(20)11-4-5-12-23/h2-3,8-9,16,20H,4-7,10-15H2,1H3,(H,24,27)/t16-,20+/m0/s1. The van der Waals surface area contributed by atoms with Crippen LogP contribution in [-0.4, -0.2) is 61.1 Å². The Hall–Kier alpha value is -2.41. The molecule has 1 N–H and O–H groups in total. The molecule has 7 nitrogen and oxygen atoms in total. The molecule has 0 aromatic heterocycles. The van der Waals surface area contributed by atoms with Crippen molar-refractivity contribution in [3.05, 3.63) is 35.4 Å². The Kier molecular flexibility index (Phi) is 6.09. The van der Waals surface area contributed by atoms with Crippen LogP contribution >= 0.6 is 0 Å². The van der Waals surface area contributed by atoms with Crippen molar-refractivity contribution in [2.75, 3.05) is 26.8 Å². The fourth-order valence-corrected chi connectivity index (χ4v) is 5.42. The highest BCUT2D eigenvalue weighted by molar-refractivity contribution is 6.02. The maximum Gasteiger partial charge on any atom is 0.307 e. The van der Waals surface area contributed by atoms with Gasteiger partial charge in [-0.25, -0.2) is 0 Å². The normalized spacial score (nSPS) is 24.7. The van der Waals surface area contributed by atoms with E-state index in [1.54, 1.807) is 0 Å². The summed E-state index contributed by atoms with van der Waals surface area (Å²) in [6.45, 7) is 1.48. The van der Waals surface area contributed by atoms with Crippen molar-refractivity contribution in [2.24, 2.45) is 0 Å². The highest BCUT2D eigenvalue weighted by Crippen LogP contribution is 2.50. The molecular weight excluding hydrogens is 384 g/mol. The van der Waals surface area contributed by atoms with E-state index in [0.29, 0.717) is 12.1 Å².